The third kappa shape index (κ3) is 3.47. The summed E-state index contributed by atoms with van der Waals surface area (Å²) in [6, 6.07) is 12.1. The third-order valence-electron chi connectivity index (χ3n) is 3.63. The molecule has 5 heteroatoms. The van der Waals surface area contributed by atoms with Gasteiger partial charge in [0.05, 0.1) is 6.10 Å². The van der Waals surface area contributed by atoms with Crippen molar-refractivity contribution in [1.29, 1.82) is 0 Å². The summed E-state index contributed by atoms with van der Waals surface area (Å²) in [4.78, 5) is 1.07. The van der Waals surface area contributed by atoms with E-state index in [1.165, 1.54) is 10.8 Å². The lowest BCUT2D eigenvalue weighted by atomic mass is 10.1. The van der Waals surface area contributed by atoms with Gasteiger partial charge in [0, 0.05) is 32.5 Å². The maximum atomic E-state index is 13.4. The number of hydrogen-bond acceptors (Lipinski definition) is 2. The molecule has 0 saturated carbocycles. The normalized spacial score (nSPS) is 12.7. The molecule has 0 saturated heterocycles. The van der Waals surface area contributed by atoms with E-state index in [-0.39, 0.29) is 6.10 Å². The summed E-state index contributed by atoms with van der Waals surface area (Å²) in [7, 11) is 0. The zero-order valence-electron chi connectivity index (χ0n) is 12.5. The van der Waals surface area contributed by atoms with Crippen LogP contribution in [-0.2, 0) is 11.2 Å². The van der Waals surface area contributed by atoms with Crippen LogP contribution in [0.3, 0.4) is 0 Å². The second-order valence-corrected chi connectivity index (χ2v) is 7.05. The van der Waals surface area contributed by atoms with Crippen molar-refractivity contribution in [2.24, 2.45) is 0 Å². The molecule has 3 aromatic rings. The predicted molar refractivity (Wildman–Crippen MR) is 94.0 cm³/mol. The zero-order valence-corrected chi connectivity index (χ0v) is 14.9. The van der Waals surface area contributed by atoms with Crippen LogP contribution in [0.25, 0.3) is 10.1 Å². The molecule has 1 heterocycles. The van der Waals surface area contributed by atoms with Gasteiger partial charge < -0.3 is 4.74 Å². The maximum Gasteiger partial charge on any atom is 0.159 e. The molecule has 1 nitrogen and oxygen atoms in total. The molecule has 0 aliphatic heterocycles. The lowest BCUT2D eigenvalue weighted by Gasteiger charge is -2.16. The number of rotatable bonds is 5. The number of fused-ring (bicyclic) bond motifs is 1. The quantitative estimate of drug-likeness (QED) is 0.494. The molecule has 0 aliphatic rings. The number of benzene rings is 2. The first-order valence-corrected chi connectivity index (χ1v) is 8.93. The molecule has 23 heavy (non-hydrogen) atoms. The van der Waals surface area contributed by atoms with Gasteiger partial charge in [-0.05, 0) is 46.6 Å². The van der Waals surface area contributed by atoms with E-state index < -0.39 is 11.6 Å². The first-order chi connectivity index (χ1) is 11.1. The minimum atomic E-state index is -0.829. The predicted octanol–water partition coefficient (Wildman–Crippen LogP) is 6.26. The van der Waals surface area contributed by atoms with Gasteiger partial charge in [-0.25, -0.2) is 8.78 Å². The Morgan fingerprint density at radius 1 is 1.13 bits per heavy atom. The minimum absolute atomic E-state index is 0.198. The highest BCUT2D eigenvalue weighted by atomic mass is 79.9. The Balaban J connectivity index is 1.96. The lowest BCUT2D eigenvalue weighted by molar-refractivity contribution is 0.0649. The summed E-state index contributed by atoms with van der Waals surface area (Å²) in [6.45, 7) is 2.48. The van der Waals surface area contributed by atoms with E-state index in [0.717, 1.165) is 20.8 Å². The Hall–Kier alpha value is -1.30. The molecule has 120 valence electrons. The van der Waals surface area contributed by atoms with Crippen molar-refractivity contribution in [3.05, 3.63) is 69.0 Å². The molecule has 0 bridgehead atoms. The molecule has 1 aromatic heterocycles. The van der Waals surface area contributed by atoms with Crippen molar-refractivity contribution >= 4 is 37.4 Å². The highest BCUT2D eigenvalue weighted by Gasteiger charge is 2.20. The average Bonchev–Trinajstić information content (AvgIpc) is 2.88. The van der Waals surface area contributed by atoms with Crippen LogP contribution in [0.1, 0.15) is 23.5 Å². The first-order valence-electron chi connectivity index (χ1n) is 7.32. The summed E-state index contributed by atoms with van der Waals surface area (Å²) in [5.74, 6) is -1.65. The van der Waals surface area contributed by atoms with Crippen LogP contribution in [0.5, 0.6) is 0 Å². The molecule has 1 unspecified atom stereocenters. The Kier molecular flexibility index (Phi) is 5.09. The van der Waals surface area contributed by atoms with Gasteiger partial charge in [0.25, 0.3) is 0 Å². The Morgan fingerprint density at radius 2 is 1.91 bits per heavy atom. The van der Waals surface area contributed by atoms with E-state index in [1.807, 2.05) is 19.1 Å². The molecule has 0 fully saturated rings. The number of halogens is 3. The molecule has 0 spiro atoms. The lowest BCUT2D eigenvalue weighted by Crippen LogP contribution is -2.07. The van der Waals surface area contributed by atoms with Crippen LogP contribution in [0.2, 0.25) is 0 Å². The molecular weight excluding hydrogens is 382 g/mol. The SMILES string of the molecule is CCOC(Cc1ccc(F)c(F)c1)c1sc2ccccc2c1Br. The van der Waals surface area contributed by atoms with E-state index in [2.05, 4.69) is 28.1 Å². The largest absolute Gasteiger partial charge is 0.373 e. The van der Waals surface area contributed by atoms with Gasteiger partial charge in [0.2, 0.25) is 0 Å². The van der Waals surface area contributed by atoms with Crippen LogP contribution in [0.15, 0.2) is 46.9 Å². The monoisotopic (exact) mass is 396 g/mol. The van der Waals surface area contributed by atoms with Gasteiger partial charge in [-0.3, -0.25) is 0 Å². The number of thiophene rings is 1. The standard InChI is InChI=1S/C18H15BrF2OS/c1-2-22-15(10-11-7-8-13(20)14(21)9-11)18-17(19)12-5-3-4-6-16(12)23-18/h3-9,15H,2,10H2,1H3. The fourth-order valence-electron chi connectivity index (χ4n) is 2.55. The van der Waals surface area contributed by atoms with E-state index in [9.17, 15) is 8.78 Å². The molecule has 0 N–H and O–H groups in total. The van der Waals surface area contributed by atoms with Gasteiger partial charge in [-0.1, -0.05) is 24.3 Å². The van der Waals surface area contributed by atoms with Crippen molar-refractivity contribution in [1.82, 2.24) is 0 Å². The fraction of sp³-hybridized carbons (Fsp3) is 0.222. The van der Waals surface area contributed by atoms with E-state index in [0.29, 0.717) is 18.6 Å². The Bertz CT molecular complexity index is 831. The van der Waals surface area contributed by atoms with E-state index >= 15 is 0 Å². The third-order valence-corrected chi connectivity index (χ3v) is 6.00. The molecule has 0 radical (unpaired) electrons. The minimum Gasteiger partial charge on any atom is -0.373 e. The summed E-state index contributed by atoms with van der Waals surface area (Å²) in [5, 5.41) is 1.14. The van der Waals surface area contributed by atoms with Gasteiger partial charge in [-0.2, -0.15) is 0 Å². The second-order valence-electron chi connectivity index (χ2n) is 5.17. The van der Waals surface area contributed by atoms with Gasteiger partial charge in [-0.15, -0.1) is 11.3 Å². The molecule has 0 amide bonds. The molecular formula is C18H15BrF2OS. The highest BCUT2D eigenvalue weighted by molar-refractivity contribution is 9.10. The average molecular weight is 397 g/mol. The zero-order chi connectivity index (χ0) is 16.4. The van der Waals surface area contributed by atoms with E-state index in [1.54, 1.807) is 17.4 Å². The van der Waals surface area contributed by atoms with Gasteiger partial charge >= 0.3 is 0 Å². The van der Waals surface area contributed by atoms with Crippen molar-refractivity contribution in [3.63, 3.8) is 0 Å². The number of hydrogen-bond donors (Lipinski definition) is 0. The van der Waals surface area contributed by atoms with Crippen LogP contribution in [0, 0.1) is 11.6 Å². The van der Waals surface area contributed by atoms with Crippen molar-refractivity contribution in [2.45, 2.75) is 19.4 Å². The number of ether oxygens (including phenoxy) is 1. The molecule has 2 aromatic carbocycles. The van der Waals surface area contributed by atoms with Gasteiger partial charge in [0.15, 0.2) is 11.6 Å². The smallest absolute Gasteiger partial charge is 0.159 e. The molecule has 1 atom stereocenters. The van der Waals surface area contributed by atoms with Crippen molar-refractivity contribution in [3.8, 4) is 0 Å². The summed E-state index contributed by atoms with van der Waals surface area (Å²) in [5.41, 5.74) is 0.715. The van der Waals surface area contributed by atoms with Crippen LogP contribution in [0.4, 0.5) is 8.78 Å². The van der Waals surface area contributed by atoms with Crippen molar-refractivity contribution in [2.75, 3.05) is 6.61 Å². The summed E-state index contributed by atoms with van der Waals surface area (Å²) in [6.07, 6.45) is 0.299. The van der Waals surface area contributed by atoms with Crippen LogP contribution >= 0.6 is 27.3 Å². The summed E-state index contributed by atoms with van der Waals surface area (Å²) < 4.78 is 34.6. The van der Waals surface area contributed by atoms with Gasteiger partial charge in [0.1, 0.15) is 0 Å². The van der Waals surface area contributed by atoms with Crippen molar-refractivity contribution < 1.29 is 13.5 Å². The second kappa shape index (κ2) is 7.07. The van der Waals surface area contributed by atoms with E-state index in [4.69, 9.17) is 4.74 Å². The maximum absolute atomic E-state index is 13.4. The molecule has 3 rings (SSSR count). The molecule has 0 aliphatic carbocycles. The first kappa shape index (κ1) is 16.6. The highest BCUT2D eigenvalue weighted by Crippen LogP contribution is 2.41. The Morgan fingerprint density at radius 3 is 2.61 bits per heavy atom. The topological polar surface area (TPSA) is 9.23 Å². The van der Waals surface area contributed by atoms with Crippen LogP contribution in [-0.4, -0.2) is 6.61 Å². The fourth-order valence-corrected chi connectivity index (χ4v) is 4.67. The Labute approximate surface area is 146 Å². The van der Waals surface area contributed by atoms with Crippen LogP contribution < -0.4 is 0 Å². The summed E-state index contributed by atoms with van der Waals surface area (Å²) >= 11 is 5.32.